The van der Waals surface area contributed by atoms with Crippen molar-refractivity contribution in [2.24, 2.45) is 0 Å². The molecule has 0 saturated carbocycles. The molecule has 2 fully saturated rings. The first-order valence-corrected chi connectivity index (χ1v) is 10.0. The number of amides is 2. The van der Waals surface area contributed by atoms with E-state index < -0.39 is 0 Å². The monoisotopic (exact) mass is 417 g/mol. The van der Waals surface area contributed by atoms with Crippen LogP contribution < -0.4 is 10.1 Å². The lowest BCUT2D eigenvalue weighted by Gasteiger charge is -2.35. The second-order valence-electron chi connectivity index (χ2n) is 6.43. The van der Waals surface area contributed by atoms with E-state index >= 15 is 0 Å². The zero-order valence-electron chi connectivity index (χ0n) is 15.1. The van der Waals surface area contributed by atoms with E-state index in [4.69, 9.17) is 4.74 Å². The predicted molar refractivity (Wildman–Crippen MR) is 106 cm³/mol. The van der Waals surface area contributed by atoms with Crippen molar-refractivity contribution in [3.05, 3.63) is 30.1 Å². The number of benzene rings is 1. The predicted octanol–water partition coefficient (Wildman–Crippen LogP) is 1.39. The number of carbonyl (C=O) groups is 2. The molecule has 6 nitrogen and oxygen atoms in total. The molecule has 9 heteroatoms. The van der Waals surface area contributed by atoms with Crippen molar-refractivity contribution in [3.63, 3.8) is 0 Å². The van der Waals surface area contributed by atoms with E-state index in [0.29, 0.717) is 38.3 Å². The van der Waals surface area contributed by atoms with Crippen LogP contribution in [0.4, 0.5) is 4.39 Å². The summed E-state index contributed by atoms with van der Waals surface area (Å²) in [5.74, 6) is 2.24. The van der Waals surface area contributed by atoms with Crippen molar-refractivity contribution in [2.75, 3.05) is 50.8 Å². The summed E-state index contributed by atoms with van der Waals surface area (Å²) >= 11 is 1.88. The summed E-state index contributed by atoms with van der Waals surface area (Å²) in [6.07, 6.45) is 0.522. The van der Waals surface area contributed by atoms with E-state index in [0.717, 1.165) is 18.1 Å². The minimum atomic E-state index is -0.341. The molecule has 1 N–H and O–H groups in total. The quantitative estimate of drug-likeness (QED) is 0.784. The van der Waals surface area contributed by atoms with Crippen LogP contribution >= 0.6 is 24.2 Å². The number of hydrogen-bond acceptors (Lipinski definition) is 5. The molecular formula is C18H25ClFN3O3S. The molecule has 0 aromatic heterocycles. The number of thioether (sulfide) groups is 1. The third-order valence-electron chi connectivity index (χ3n) is 4.58. The molecule has 3 rings (SSSR count). The summed E-state index contributed by atoms with van der Waals surface area (Å²) in [5.41, 5.74) is 0. The SMILES string of the molecule is Cl.O=C(COc1ccc(F)cc1)N1CCN(C(=O)CC2CSCCN2)CC1. The van der Waals surface area contributed by atoms with E-state index in [1.54, 1.807) is 4.90 Å². The maximum absolute atomic E-state index is 12.9. The molecule has 1 aromatic rings. The van der Waals surface area contributed by atoms with E-state index in [9.17, 15) is 14.0 Å². The maximum atomic E-state index is 12.9. The van der Waals surface area contributed by atoms with Crippen molar-refractivity contribution in [1.29, 1.82) is 0 Å². The van der Waals surface area contributed by atoms with Gasteiger partial charge in [0.15, 0.2) is 6.61 Å². The van der Waals surface area contributed by atoms with Gasteiger partial charge in [0.1, 0.15) is 11.6 Å². The summed E-state index contributed by atoms with van der Waals surface area (Å²) in [7, 11) is 0. The average molecular weight is 418 g/mol. The summed E-state index contributed by atoms with van der Waals surface area (Å²) in [6, 6.07) is 5.84. The first-order valence-electron chi connectivity index (χ1n) is 8.87. The van der Waals surface area contributed by atoms with Gasteiger partial charge in [-0.15, -0.1) is 12.4 Å². The first kappa shape index (κ1) is 21.8. The van der Waals surface area contributed by atoms with Gasteiger partial charge >= 0.3 is 0 Å². The van der Waals surface area contributed by atoms with Crippen molar-refractivity contribution >= 4 is 36.0 Å². The fourth-order valence-corrected chi connectivity index (χ4v) is 4.01. The number of nitrogens with one attached hydrogen (secondary N) is 1. The van der Waals surface area contributed by atoms with E-state index in [1.165, 1.54) is 24.3 Å². The average Bonchev–Trinajstić information content (AvgIpc) is 2.68. The van der Waals surface area contributed by atoms with Crippen LogP contribution in [0.2, 0.25) is 0 Å². The molecule has 2 heterocycles. The fraction of sp³-hybridized carbons (Fsp3) is 0.556. The van der Waals surface area contributed by atoms with Crippen LogP contribution in [0.5, 0.6) is 5.75 Å². The smallest absolute Gasteiger partial charge is 0.260 e. The third-order valence-corrected chi connectivity index (χ3v) is 5.71. The molecule has 150 valence electrons. The van der Waals surface area contributed by atoms with Crippen molar-refractivity contribution in [1.82, 2.24) is 15.1 Å². The fourth-order valence-electron chi connectivity index (χ4n) is 3.06. The van der Waals surface area contributed by atoms with Crippen LogP contribution in [0.15, 0.2) is 24.3 Å². The Balaban J connectivity index is 0.00000261. The number of rotatable bonds is 5. The summed E-state index contributed by atoms with van der Waals surface area (Å²) in [6.45, 7) is 3.03. The molecule has 2 aliphatic rings. The van der Waals surface area contributed by atoms with Gasteiger partial charge in [-0.3, -0.25) is 9.59 Å². The van der Waals surface area contributed by atoms with Gasteiger partial charge in [0.25, 0.3) is 5.91 Å². The number of hydrogen-bond donors (Lipinski definition) is 1. The van der Waals surface area contributed by atoms with Gasteiger partial charge in [0, 0.05) is 56.7 Å². The molecule has 0 bridgehead atoms. The lowest BCUT2D eigenvalue weighted by molar-refractivity contribution is -0.140. The van der Waals surface area contributed by atoms with Gasteiger partial charge in [-0.1, -0.05) is 0 Å². The summed E-state index contributed by atoms with van der Waals surface area (Å²) in [5, 5.41) is 3.38. The Morgan fingerprint density at radius 1 is 1.11 bits per heavy atom. The van der Waals surface area contributed by atoms with Crippen LogP contribution in [0, 0.1) is 5.82 Å². The molecule has 2 amide bonds. The molecule has 1 unspecified atom stereocenters. The Labute approximate surface area is 169 Å². The summed E-state index contributed by atoms with van der Waals surface area (Å²) in [4.78, 5) is 28.2. The van der Waals surface area contributed by atoms with E-state index in [2.05, 4.69) is 5.32 Å². The lowest BCUT2D eigenvalue weighted by atomic mass is 10.2. The van der Waals surface area contributed by atoms with Crippen molar-refractivity contribution in [2.45, 2.75) is 12.5 Å². The Morgan fingerprint density at radius 2 is 1.74 bits per heavy atom. The van der Waals surface area contributed by atoms with Gasteiger partial charge in [-0.25, -0.2) is 4.39 Å². The number of nitrogens with zero attached hydrogens (tertiary/aromatic N) is 2. The zero-order chi connectivity index (χ0) is 18.4. The van der Waals surface area contributed by atoms with E-state index in [1.807, 2.05) is 16.7 Å². The molecule has 0 radical (unpaired) electrons. The second-order valence-corrected chi connectivity index (χ2v) is 7.58. The van der Waals surface area contributed by atoms with Gasteiger partial charge < -0.3 is 19.9 Å². The van der Waals surface area contributed by atoms with Crippen LogP contribution in [0.3, 0.4) is 0 Å². The third kappa shape index (κ3) is 6.55. The summed E-state index contributed by atoms with van der Waals surface area (Å²) < 4.78 is 18.3. The Kier molecular flexibility index (Phi) is 8.66. The zero-order valence-corrected chi connectivity index (χ0v) is 16.7. The molecule has 0 aliphatic carbocycles. The highest BCUT2D eigenvalue weighted by molar-refractivity contribution is 7.99. The first-order chi connectivity index (χ1) is 12.6. The van der Waals surface area contributed by atoms with Crippen LogP contribution in [-0.2, 0) is 9.59 Å². The number of halogens is 2. The largest absolute Gasteiger partial charge is 0.484 e. The van der Waals surface area contributed by atoms with E-state index in [-0.39, 0.29) is 42.7 Å². The molecule has 1 aromatic carbocycles. The lowest BCUT2D eigenvalue weighted by Crippen LogP contribution is -2.52. The van der Waals surface area contributed by atoms with Crippen LogP contribution in [0.1, 0.15) is 6.42 Å². The van der Waals surface area contributed by atoms with Gasteiger partial charge in [0.05, 0.1) is 0 Å². The number of ether oxygens (including phenoxy) is 1. The Morgan fingerprint density at radius 3 is 2.33 bits per heavy atom. The highest BCUT2D eigenvalue weighted by Crippen LogP contribution is 2.14. The molecule has 0 spiro atoms. The topological polar surface area (TPSA) is 61.9 Å². The number of carbonyl (C=O) groups excluding carboxylic acids is 2. The normalized spacial score (nSPS) is 20.0. The highest BCUT2D eigenvalue weighted by atomic mass is 35.5. The standard InChI is InChI=1S/C18H24FN3O3S.ClH/c19-14-1-3-16(4-2-14)25-12-18(24)22-8-6-21(7-9-22)17(23)11-15-13-26-10-5-20-15;/h1-4,15,20H,5-13H2;1H. The second kappa shape index (κ2) is 10.7. The Hall–Kier alpha value is -1.51. The minimum absolute atomic E-state index is 0. The molecule has 1 atom stereocenters. The minimum Gasteiger partial charge on any atom is -0.484 e. The van der Waals surface area contributed by atoms with Crippen LogP contribution in [-0.4, -0.2) is 78.5 Å². The Bertz CT molecular complexity index is 621. The number of piperazine rings is 1. The molecular weight excluding hydrogens is 393 g/mol. The van der Waals surface area contributed by atoms with Gasteiger partial charge in [-0.05, 0) is 24.3 Å². The van der Waals surface area contributed by atoms with Crippen LogP contribution in [0.25, 0.3) is 0 Å². The maximum Gasteiger partial charge on any atom is 0.260 e. The molecule has 27 heavy (non-hydrogen) atoms. The van der Waals surface area contributed by atoms with Crippen molar-refractivity contribution in [3.8, 4) is 5.75 Å². The van der Waals surface area contributed by atoms with Crippen molar-refractivity contribution < 1.29 is 18.7 Å². The van der Waals surface area contributed by atoms with Gasteiger partial charge in [0.2, 0.25) is 5.91 Å². The molecule has 2 aliphatic heterocycles. The van der Waals surface area contributed by atoms with Gasteiger partial charge in [-0.2, -0.15) is 11.8 Å². The highest BCUT2D eigenvalue weighted by Gasteiger charge is 2.26. The molecule has 2 saturated heterocycles.